The summed E-state index contributed by atoms with van der Waals surface area (Å²) in [6, 6.07) is 1.43. The average molecular weight is 252 g/mol. The maximum Gasteiger partial charge on any atom is 0.0274 e. The van der Waals surface area contributed by atoms with Crippen LogP contribution >= 0.6 is 0 Å². The Kier molecular flexibility index (Phi) is 4.71. The first kappa shape index (κ1) is 14.3. The molecule has 106 valence electrons. The Labute approximate surface area is 114 Å². The average Bonchev–Trinajstić information content (AvgIpc) is 3.10. The molecule has 2 saturated carbocycles. The molecule has 2 fully saturated rings. The minimum absolute atomic E-state index is 0.454. The molecule has 0 bridgehead atoms. The molecular formula is C16H32N2. The highest BCUT2D eigenvalue weighted by atomic mass is 15.2. The predicted octanol–water partition coefficient (Wildman–Crippen LogP) is 3.28. The van der Waals surface area contributed by atoms with Crippen molar-refractivity contribution in [2.75, 3.05) is 20.1 Å². The molecular weight excluding hydrogens is 220 g/mol. The van der Waals surface area contributed by atoms with Crippen LogP contribution < -0.4 is 5.32 Å². The second kappa shape index (κ2) is 5.92. The zero-order chi connectivity index (χ0) is 13.2. The Balaban J connectivity index is 1.98. The van der Waals surface area contributed by atoms with Crippen molar-refractivity contribution in [2.24, 2.45) is 11.3 Å². The Morgan fingerprint density at radius 3 is 2.56 bits per heavy atom. The van der Waals surface area contributed by atoms with E-state index < -0.39 is 0 Å². The fourth-order valence-corrected chi connectivity index (χ4v) is 3.64. The van der Waals surface area contributed by atoms with Gasteiger partial charge >= 0.3 is 0 Å². The van der Waals surface area contributed by atoms with E-state index in [9.17, 15) is 0 Å². The quantitative estimate of drug-likeness (QED) is 0.780. The van der Waals surface area contributed by atoms with Gasteiger partial charge in [0.15, 0.2) is 0 Å². The fraction of sp³-hybridized carbons (Fsp3) is 1.00. The van der Waals surface area contributed by atoms with Gasteiger partial charge in [0.25, 0.3) is 0 Å². The van der Waals surface area contributed by atoms with Gasteiger partial charge in [0.1, 0.15) is 0 Å². The van der Waals surface area contributed by atoms with Crippen LogP contribution in [0.5, 0.6) is 0 Å². The van der Waals surface area contributed by atoms with E-state index in [-0.39, 0.29) is 0 Å². The van der Waals surface area contributed by atoms with Gasteiger partial charge in [0.2, 0.25) is 0 Å². The first-order valence-electron chi connectivity index (χ1n) is 7.98. The highest BCUT2D eigenvalue weighted by Gasteiger charge is 2.41. The Hall–Kier alpha value is -0.0800. The minimum Gasteiger partial charge on any atom is -0.312 e. The van der Waals surface area contributed by atoms with Crippen LogP contribution in [0.25, 0.3) is 0 Å². The molecule has 18 heavy (non-hydrogen) atoms. The summed E-state index contributed by atoms with van der Waals surface area (Å²) in [5.74, 6) is 1.01. The zero-order valence-electron chi connectivity index (χ0n) is 12.8. The van der Waals surface area contributed by atoms with Crippen molar-refractivity contribution in [1.82, 2.24) is 10.2 Å². The Bertz CT molecular complexity index is 258. The molecule has 0 aromatic carbocycles. The summed E-state index contributed by atoms with van der Waals surface area (Å²) in [4.78, 5) is 2.66. The maximum absolute atomic E-state index is 3.84. The van der Waals surface area contributed by atoms with Crippen LogP contribution in [-0.2, 0) is 0 Å². The van der Waals surface area contributed by atoms with E-state index in [4.69, 9.17) is 0 Å². The molecule has 2 nitrogen and oxygen atoms in total. The second-order valence-electron chi connectivity index (χ2n) is 7.26. The van der Waals surface area contributed by atoms with Crippen LogP contribution in [-0.4, -0.2) is 37.1 Å². The van der Waals surface area contributed by atoms with Gasteiger partial charge in [-0.15, -0.1) is 0 Å². The van der Waals surface area contributed by atoms with Gasteiger partial charge in [-0.1, -0.05) is 27.2 Å². The summed E-state index contributed by atoms with van der Waals surface area (Å²) < 4.78 is 0. The summed E-state index contributed by atoms with van der Waals surface area (Å²) in [6.07, 6.45) is 8.33. The first-order chi connectivity index (χ1) is 8.54. The van der Waals surface area contributed by atoms with Crippen molar-refractivity contribution >= 4 is 0 Å². The first-order valence-corrected chi connectivity index (χ1v) is 7.98. The summed E-state index contributed by atoms with van der Waals surface area (Å²) in [6.45, 7) is 9.67. The molecule has 1 N–H and O–H groups in total. The van der Waals surface area contributed by atoms with E-state index in [0.717, 1.165) is 12.0 Å². The van der Waals surface area contributed by atoms with Crippen molar-refractivity contribution in [2.45, 2.75) is 71.4 Å². The molecule has 0 heterocycles. The van der Waals surface area contributed by atoms with E-state index >= 15 is 0 Å². The molecule has 0 spiro atoms. The number of nitrogens with zero attached hydrogens (tertiary/aromatic N) is 1. The van der Waals surface area contributed by atoms with E-state index in [1.165, 1.54) is 51.6 Å². The number of rotatable bonds is 6. The third-order valence-corrected chi connectivity index (χ3v) is 4.97. The van der Waals surface area contributed by atoms with Crippen LogP contribution in [0.2, 0.25) is 0 Å². The summed E-state index contributed by atoms with van der Waals surface area (Å²) in [5.41, 5.74) is 0.454. The monoisotopic (exact) mass is 252 g/mol. The number of likely N-dealkylation sites (N-methyl/N-ethyl adjacent to an activating group) is 1. The molecule has 2 aliphatic carbocycles. The predicted molar refractivity (Wildman–Crippen MR) is 78.9 cm³/mol. The highest BCUT2D eigenvalue weighted by Crippen LogP contribution is 2.39. The van der Waals surface area contributed by atoms with Crippen LogP contribution in [0.15, 0.2) is 0 Å². The lowest BCUT2D eigenvalue weighted by Crippen LogP contribution is -2.58. The highest BCUT2D eigenvalue weighted by molar-refractivity contribution is 4.98. The fourth-order valence-electron chi connectivity index (χ4n) is 3.64. The lowest BCUT2D eigenvalue weighted by molar-refractivity contribution is 0.0605. The molecule has 2 rings (SSSR count). The summed E-state index contributed by atoms with van der Waals surface area (Å²) >= 11 is 0. The smallest absolute Gasteiger partial charge is 0.0274 e. The number of hydrogen-bond donors (Lipinski definition) is 1. The van der Waals surface area contributed by atoms with Gasteiger partial charge in [-0.25, -0.2) is 0 Å². The normalized spacial score (nSPS) is 31.8. The van der Waals surface area contributed by atoms with Crippen LogP contribution in [0.3, 0.4) is 0 Å². The van der Waals surface area contributed by atoms with E-state index in [1.54, 1.807) is 0 Å². The van der Waals surface area contributed by atoms with Crippen molar-refractivity contribution in [1.29, 1.82) is 0 Å². The van der Waals surface area contributed by atoms with Gasteiger partial charge in [-0.05, 0) is 57.0 Å². The molecule has 0 aliphatic heterocycles. The van der Waals surface area contributed by atoms with E-state index in [1.807, 2.05) is 0 Å². The van der Waals surface area contributed by atoms with Crippen molar-refractivity contribution in [3.63, 3.8) is 0 Å². The van der Waals surface area contributed by atoms with Crippen LogP contribution in [0.4, 0.5) is 0 Å². The zero-order valence-corrected chi connectivity index (χ0v) is 12.8. The standard InChI is InChI=1S/C16H32N2/c1-5-11-17-15-14(7-6-10-16(15,2)3)18(4)12-13-8-9-13/h13-15,17H,5-12H2,1-4H3. The largest absolute Gasteiger partial charge is 0.312 e. The summed E-state index contributed by atoms with van der Waals surface area (Å²) in [7, 11) is 2.35. The third kappa shape index (κ3) is 3.48. The Morgan fingerprint density at radius 2 is 1.94 bits per heavy atom. The topological polar surface area (TPSA) is 15.3 Å². The SMILES string of the molecule is CCCNC1C(N(C)CC2CC2)CCCC1(C)C. The van der Waals surface area contributed by atoms with Gasteiger partial charge < -0.3 is 10.2 Å². The number of hydrogen-bond acceptors (Lipinski definition) is 2. The molecule has 0 amide bonds. The molecule has 0 aromatic rings. The minimum atomic E-state index is 0.454. The number of nitrogens with one attached hydrogen (secondary N) is 1. The molecule has 2 atom stereocenters. The molecule has 0 saturated heterocycles. The van der Waals surface area contributed by atoms with Gasteiger partial charge in [-0.3, -0.25) is 0 Å². The van der Waals surface area contributed by atoms with Crippen molar-refractivity contribution in [3.05, 3.63) is 0 Å². The van der Waals surface area contributed by atoms with E-state index in [0.29, 0.717) is 11.5 Å². The van der Waals surface area contributed by atoms with Crippen LogP contribution in [0, 0.1) is 11.3 Å². The van der Waals surface area contributed by atoms with Crippen molar-refractivity contribution < 1.29 is 0 Å². The summed E-state index contributed by atoms with van der Waals surface area (Å²) in [5, 5.41) is 3.84. The van der Waals surface area contributed by atoms with Crippen molar-refractivity contribution in [3.8, 4) is 0 Å². The van der Waals surface area contributed by atoms with Gasteiger partial charge in [0, 0.05) is 18.6 Å². The lowest BCUT2D eigenvalue weighted by atomic mass is 9.70. The maximum atomic E-state index is 3.84. The van der Waals surface area contributed by atoms with E-state index in [2.05, 4.69) is 38.0 Å². The molecule has 2 aliphatic rings. The van der Waals surface area contributed by atoms with Crippen LogP contribution in [0.1, 0.15) is 59.3 Å². The van der Waals surface area contributed by atoms with Gasteiger partial charge in [-0.2, -0.15) is 0 Å². The molecule has 0 aromatic heterocycles. The second-order valence-corrected chi connectivity index (χ2v) is 7.26. The molecule has 2 heteroatoms. The third-order valence-electron chi connectivity index (χ3n) is 4.97. The molecule has 0 radical (unpaired) electrons. The van der Waals surface area contributed by atoms with Gasteiger partial charge in [0.05, 0.1) is 0 Å². The lowest BCUT2D eigenvalue weighted by Gasteiger charge is -2.48. The molecule has 2 unspecified atom stereocenters. The Morgan fingerprint density at radius 1 is 1.22 bits per heavy atom.